The van der Waals surface area contributed by atoms with E-state index in [4.69, 9.17) is 11.5 Å². The van der Waals surface area contributed by atoms with Gasteiger partial charge in [-0.15, -0.1) is 0 Å². The Bertz CT molecular complexity index is 1200. The minimum atomic E-state index is -0.253. The Morgan fingerprint density at radius 1 is 1.15 bits per heavy atom. The molecule has 178 valence electrons. The molecular weight excluding hydrogens is 417 g/mol. The highest BCUT2D eigenvalue weighted by molar-refractivity contribution is 5.91. The van der Waals surface area contributed by atoms with Crippen molar-refractivity contribution in [2.75, 3.05) is 13.6 Å². The zero-order valence-electron chi connectivity index (χ0n) is 20.1. The average molecular weight is 454 g/mol. The number of nitrogens with two attached hydrogens (primary N) is 2. The zero-order chi connectivity index (χ0) is 24.1. The van der Waals surface area contributed by atoms with Gasteiger partial charge in [-0.2, -0.15) is 0 Å². The van der Waals surface area contributed by atoms with Gasteiger partial charge in [-0.05, 0) is 80.6 Å². The standard InChI is InChI=1S/C22H25FN4O.C4H11N/c1-13-11-14(7-9-17(13)23)20(24)21(25-2)15-8-10-18-19(12-15)26(3)22(28)27(18)16-5-4-6-16;1-2-3-4-5/h7-12,16,25H,4-6,24H2,1-3H3;2-5H2,1H3/b21-20-;. The van der Waals surface area contributed by atoms with E-state index in [1.54, 1.807) is 37.7 Å². The number of fused-ring (bicyclic) bond motifs is 1. The maximum atomic E-state index is 13.6. The van der Waals surface area contributed by atoms with E-state index < -0.39 is 0 Å². The number of halogens is 1. The van der Waals surface area contributed by atoms with E-state index in [2.05, 4.69) is 12.2 Å². The van der Waals surface area contributed by atoms with Crippen LogP contribution in [0.1, 0.15) is 61.8 Å². The molecule has 0 aliphatic heterocycles. The molecule has 4 rings (SSSR count). The van der Waals surface area contributed by atoms with Crippen LogP contribution in [0.2, 0.25) is 0 Å². The van der Waals surface area contributed by atoms with Gasteiger partial charge in [-0.25, -0.2) is 9.18 Å². The fourth-order valence-corrected chi connectivity index (χ4v) is 4.11. The summed E-state index contributed by atoms with van der Waals surface area (Å²) in [4.78, 5) is 12.7. The fraction of sp³-hybridized carbons (Fsp3) is 0.423. The lowest BCUT2D eigenvalue weighted by Gasteiger charge is -2.26. The Hall–Kier alpha value is -3.06. The zero-order valence-corrected chi connectivity index (χ0v) is 20.1. The summed E-state index contributed by atoms with van der Waals surface area (Å²) in [6, 6.07) is 11.1. The van der Waals surface area contributed by atoms with Crippen molar-refractivity contribution in [1.82, 2.24) is 14.5 Å². The molecular formula is C26H36FN5O. The van der Waals surface area contributed by atoms with Crippen LogP contribution in [0.15, 0.2) is 41.2 Å². The number of hydrogen-bond donors (Lipinski definition) is 3. The van der Waals surface area contributed by atoms with Crippen LogP contribution in [0.3, 0.4) is 0 Å². The molecule has 7 heteroatoms. The minimum absolute atomic E-state index is 0.0222. The summed E-state index contributed by atoms with van der Waals surface area (Å²) < 4.78 is 17.2. The maximum absolute atomic E-state index is 13.6. The number of benzene rings is 2. The highest BCUT2D eigenvalue weighted by atomic mass is 19.1. The molecule has 0 radical (unpaired) electrons. The normalized spacial score (nSPS) is 14.4. The van der Waals surface area contributed by atoms with Crippen molar-refractivity contribution in [3.63, 3.8) is 0 Å². The van der Waals surface area contributed by atoms with Crippen LogP contribution in [0.5, 0.6) is 0 Å². The molecule has 0 spiro atoms. The first-order valence-corrected chi connectivity index (χ1v) is 11.7. The van der Waals surface area contributed by atoms with Gasteiger partial charge in [0.25, 0.3) is 0 Å². The van der Waals surface area contributed by atoms with E-state index in [-0.39, 0.29) is 11.5 Å². The lowest BCUT2D eigenvalue weighted by Crippen LogP contribution is -2.29. The van der Waals surface area contributed by atoms with E-state index in [0.717, 1.165) is 47.2 Å². The quantitative estimate of drug-likeness (QED) is 0.486. The van der Waals surface area contributed by atoms with Gasteiger partial charge in [0.2, 0.25) is 0 Å². The molecule has 0 unspecified atom stereocenters. The third-order valence-electron chi connectivity index (χ3n) is 6.36. The van der Waals surface area contributed by atoms with Gasteiger partial charge >= 0.3 is 5.69 Å². The first kappa shape index (κ1) is 24.6. The SMILES string of the molecule is CCCCN.CN/C(=C(\N)c1ccc(F)c(C)c1)c1ccc2c(c1)n(C)c(=O)n2C1CCC1. The number of unbranched alkanes of at least 4 members (excludes halogenated alkanes) is 1. The molecule has 33 heavy (non-hydrogen) atoms. The molecule has 3 aromatic rings. The van der Waals surface area contributed by atoms with Gasteiger partial charge in [-0.3, -0.25) is 9.13 Å². The maximum Gasteiger partial charge on any atom is 0.329 e. The van der Waals surface area contributed by atoms with Crippen LogP contribution in [-0.4, -0.2) is 22.7 Å². The monoisotopic (exact) mass is 453 g/mol. The van der Waals surface area contributed by atoms with Crippen LogP contribution in [0, 0.1) is 12.7 Å². The highest BCUT2D eigenvalue weighted by Crippen LogP contribution is 2.33. The van der Waals surface area contributed by atoms with Gasteiger partial charge in [0, 0.05) is 25.7 Å². The van der Waals surface area contributed by atoms with E-state index >= 15 is 0 Å². The van der Waals surface area contributed by atoms with E-state index in [0.29, 0.717) is 17.3 Å². The number of hydrogen-bond acceptors (Lipinski definition) is 4. The van der Waals surface area contributed by atoms with Crippen molar-refractivity contribution in [3.8, 4) is 0 Å². The molecule has 0 saturated heterocycles. The van der Waals surface area contributed by atoms with Crippen LogP contribution in [0.25, 0.3) is 22.4 Å². The molecule has 1 aliphatic rings. The second-order valence-electron chi connectivity index (χ2n) is 8.64. The molecule has 5 N–H and O–H groups in total. The van der Waals surface area contributed by atoms with Gasteiger partial charge in [-0.1, -0.05) is 19.4 Å². The second-order valence-corrected chi connectivity index (χ2v) is 8.64. The summed E-state index contributed by atoms with van der Waals surface area (Å²) in [7, 11) is 3.61. The molecule has 2 aromatic carbocycles. The fourth-order valence-electron chi connectivity index (χ4n) is 4.11. The average Bonchev–Trinajstić information content (AvgIpc) is 3.01. The number of aryl methyl sites for hydroxylation is 2. The molecule has 1 aromatic heterocycles. The molecule has 1 fully saturated rings. The molecule has 1 heterocycles. The van der Waals surface area contributed by atoms with Gasteiger partial charge in [0.05, 0.1) is 22.4 Å². The summed E-state index contributed by atoms with van der Waals surface area (Å²) in [5.74, 6) is -0.253. The van der Waals surface area contributed by atoms with E-state index in [1.165, 1.54) is 25.3 Å². The van der Waals surface area contributed by atoms with E-state index in [1.807, 2.05) is 22.8 Å². The van der Waals surface area contributed by atoms with Gasteiger partial charge < -0.3 is 16.8 Å². The first-order valence-electron chi connectivity index (χ1n) is 11.7. The molecule has 0 bridgehead atoms. The lowest BCUT2D eigenvalue weighted by molar-refractivity contribution is 0.312. The number of imidazole rings is 1. The third-order valence-corrected chi connectivity index (χ3v) is 6.36. The molecule has 6 nitrogen and oxygen atoms in total. The Labute approximate surface area is 195 Å². The molecule has 0 amide bonds. The minimum Gasteiger partial charge on any atom is -0.397 e. The largest absolute Gasteiger partial charge is 0.397 e. The number of nitrogens with one attached hydrogen (secondary N) is 1. The van der Waals surface area contributed by atoms with Crippen molar-refractivity contribution in [1.29, 1.82) is 0 Å². The van der Waals surface area contributed by atoms with Crippen LogP contribution in [-0.2, 0) is 7.05 Å². The van der Waals surface area contributed by atoms with Crippen molar-refractivity contribution < 1.29 is 4.39 Å². The second kappa shape index (κ2) is 10.7. The van der Waals surface area contributed by atoms with Crippen LogP contribution >= 0.6 is 0 Å². The Morgan fingerprint density at radius 2 is 1.85 bits per heavy atom. The highest BCUT2D eigenvalue weighted by Gasteiger charge is 2.25. The Balaban J connectivity index is 0.000000555. The molecule has 1 aliphatic carbocycles. The topological polar surface area (TPSA) is 91.0 Å². The summed E-state index contributed by atoms with van der Waals surface area (Å²) in [6.07, 6.45) is 5.67. The summed E-state index contributed by atoms with van der Waals surface area (Å²) >= 11 is 0. The number of rotatable bonds is 6. The summed E-state index contributed by atoms with van der Waals surface area (Å²) in [5.41, 5.74) is 16.9. The van der Waals surface area contributed by atoms with E-state index in [9.17, 15) is 9.18 Å². The summed E-state index contributed by atoms with van der Waals surface area (Å²) in [5, 5.41) is 3.17. The lowest BCUT2D eigenvalue weighted by atomic mass is 9.93. The molecule has 0 atom stereocenters. The number of aromatic nitrogens is 2. The van der Waals surface area contributed by atoms with Crippen LogP contribution in [0.4, 0.5) is 4.39 Å². The number of nitrogens with zero attached hydrogens (tertiary/aromatic N) is 2. The third kappa shape index (κ3) is 4.98. The predicted octanol–water partition coefficient (Wildman–Crippen LogP) is 4.26. The van der Waals surface area contributed by atoms with Gasteiger partial charge in [0.15, 0.2) is 0 Å². The first-order chi connectivity index (χ1) is 15.8. The van der Waals surface area contributed by atoms with Crippen molar-refractivity contribution in [2.24, 2.45) is 18.5 Å². The van der Waals surface area contributed by atoms with Crippen molar-refractivity contribution >= 4 is 22.4 Å². The Kier molecular flexibility index (Phi) is 7.97. The smallest absolute Gasteiger partial charge is 0.329 e. The van der Waals surface area contributed by atoms with Crippen molar-refractivity contribution in [3.05, 3.63) is 69.4 Å². The predicted molar refractivity (Wildman–Crippen MR) is 135 cm³/mol. The Morgan fingerprint density at radius 3 is 2.36 bits per heavy atom. The molecule has 1 saturated carbocycles. The summed E-state index contributed by atoms with van der Waals surface area (Å²) in [6.45, 7) is 4.69. The van der Waals surface area contributed by atoms with Crippen LogP contribution < -0.4 is 22.5 Å². The van der Waals surface area contributed by atoms with Crippen molar-refractivity contribution in [2.45, 2.75) is 52.0 Å². The van der Waals surface area contributed by atoms with Gasteiger partial charge in [0.1, 0.15) is 5.82 Å².